The van der Waals surface area contributed by atoms with Crippen LogP contribution in [-0.4, -0.2) is 31.4 Å². The lowest BCUT2D eigenvalue weighted by Gasteiger charge is -2.33. The summed E-state index contributed by atoms with van der Waals surface area (Å²) in [5, 5.41) is 9.57. The van der Waals surface area contributed by atoms with Crippen LogP contribution in [0.25, 0.3) is 0 Å². The van der Waals surface area contributed by atoms with Crippen LogP contribution in [0.2, 0.25) is 0 Å². The molecule has 0 saturated carbocycles. The normalized spacial score (nSPS) is 18.3. The van der Waals surface area contributed by atoms with Gasteiger partial charge in [-0.1, -0.05) is 12.1 Å². The maximum atomic E-state index is 11.7. The average Bonchev–Trinajstić information content (AvgIpc) is 2.39. The number of carbonyl (C=O) groups is 1. The fourth-order valence-electron chi connectivity index (χ4n) is 2.52. The van der Waals surface area contributed by atoms with Crippen molar-refractivity contribution >= 4 is 5.97 Å². The van der Waals surface area contributed by atoms with E-state index in [1.807, 2.05) is 25.1 Å². The molecule has 1 aliphatic heterocycles. The van der Waals surface area contributed by atoms with Crippen LogP contribution in [0, 0.1) is 6.92 Å². The van der Waals surface area contributed by atoms with Gasteiger partial charge >= 0.3 is 5.97 Å². The number of carboxylic acid groups (broad SMARTS) is 1. The lowest BCUT2D eigenvalue weighted by atomic mass is 9.74. The Hall–Kier alpha value is -1.55. The Morgan fingerprint density at radius 3 is 2.56 bits per heavy atom. The monoisotopic (exact) mass is 250 g/mol. The number of hydrogen-bond donors (Lipinski definition) is 1. The summed E-state index contributed by atoms with van der Waals surface area (Å²) >= 11 is 0. The van der Waals surface area contributed by atoms with Crippen LogP contribution < -0.4 is 4.74 Å². The second-order valence-corrected chi connectivity index (χ2v) is 4.68. The number of ether oxygens (including phenoxy) is 2. The molecule has 0 aromatic heterocycles. The molecule has 0 aliphatic carbocycles. The summed E-state index contributed by atoms with van der Waals surface area (Å²) in [4.78, 5) is 11.7. The van der Waals surface area contributed by atoms with Gasteiger partial charge < -0.3 is 14.6 Å². The number of benzene rings is 1. The van der Waals surface area contributed by atoms with Crippen molar-refractivity contribution < 1.29 is 19.4 Å². The number of methoxy groups -OCH3 is 1. The zero-order valence-electron chi connectivity index (χ0n) is 10.7. The highest BCUT2D eigenvalue weighted by Crippen LogP contribution is 2.36. The highest BCUT2D eigenvalue weighted by molar-refractivity contribution is 5.81. The van der Waals surface area contributed by atoms with Crippen LogP contribution in [0.15, 0.2) is 18.2 Å². The molecule has 0 radical (unpaired) electrons. The van der Waals surface area contributed by atoms with E-state index in [4.69, 9.17) is 9.47 Å². The molecule has 0 atom stereocenters. The second kappa shape index (κ2) is 4.98. The minimum absolute atomic E-state index is 0.497. The minimum atomic E-state index is -0.810. The van der Waals surface area contributed by atoms with Gasteiger partial charge in [-0.05, 0) is 37.0 Å². The van der Waals surface area contributed by atoms with Gasteiger partial charge in [0.05, 0.1) is 12.5 Å². The molecule has 0 unspecified atom stereocenters. The Labute approximate surface area is 107 Å². The van der Waals surface area contributed by atoms with E-state index in [2.05, 4.69) is 0 Å². The topological polar surface area (TPSA) is 55.8 Å². The van der Waals surface area contributed by atoms with Gasteiger partial charge in [-0.3, -0.25) is 4.79 Å². The van der Waals surface area contributed by atoms with Gasteiger partial charge in [-0.15, -0.1) is 0 Å². The molecule has 2 rings (SSSR count). The van der Waals surface area contributed by atoms with Gasteiger partial charge in [-0.2, -0.15) is 0 Å². The summed E-state index contributed by atoms with van der Waals surface area (Å²) in [6.07, 6.45) is 1.04. The van der Waals surface area contributed by atoms with Crippen molar-refractivity contribution in [1.82, 2.24) is 0 Å². The molecular formula is C14H18O4. The Bertz CT molecular complexity index is 447. The van der Waals surface area contributed by atoms with E-state index >= 15 is 0 Å². The molecule has 1 aromatic carbocycles. The van der Waals surface area contributed by atoms with Crippen molar-refractivity contribution in [3.05, 3.63) is 29.3 Å². The number of hydrogen-bond acceptors (Lipinski definition) is 3. The van der Waals surface area contributed by atoms with E-state index in [1.54, 1.807) is 7.11 Å². The van der Waals surface area contributed by atoms with E-state index in [1.165, 1.54) is 0 Å². The van der Waals surface area contributed by atoms with Crippen molar-refractivity contribution in [1.29, 1.82) is 0 Å². The molecule has 0 bridgehead atoms. The van der Waals surface area contributed by atoms with Crippen LogP contribution in [0.5, 0.6) is 5.75 Å². The quantitative estimate of drug-likeness (QED) is 0.893. The predicted molar refractivity (Wildman–Crippen MR) is 67.1 cm³/mol. The first kappa shape index (κ1) is 12.9. The van der Waals surface area contributed by atoms with Gasteiger partial charge in [0.25, 0.3) is 0 Å². The summed E-state index contributed by atoms with van der Waals surface area (Å²) in [5.74, 6) is 0.0155. The van der Waals surface area contributed by atoms with E-state index in [-0.39, 0.29) is 0 Å². The third-order valence-corrected chi connectivity index (χ3v) is 3.70. The molecule has 1 aliphatic rings. The highest BCUT2D eigenvalue weighted by Gasteiger charge is 2.42. The minimum Gasteiger partial charge on any atom is -0.496 e. The van der Waals surface area contributed by atoms with Gasteiger partial charge in [-0.25, -0.2) is 0 Å². The van der Waals surface area contributed by atoms with Gasteiger partial charge in [0.1, 0.15) is 5.75 Å². The fraction of sp³-hybridized carbons (Fsp3) is 0.500. The lowest BCUT2D eigenvalue weighted by Crippen LogP contribution is -2.41. The molecule has 4 nitrogen and oxygen atoms in total. The van der Waals surface area contributed by atoms with E-state index in [0.29, 0.717) is 26.1 Å². The van der Waals surface area contributed by atoms with E-state index in [9.17, 15) is 9.90 Å². The molecular weight excluding hydrogens is 232 g/mol. The third-order valence-electron chi connectivity index (χ3n) is 3.70. The molecule has 1 N–H and O–H groups in total. The SMILES string of the molecule is COc1ccc(C2(C(=O)O)CCOCC2)cc1C. The van der Waals surface area contributed by atoms with Crippen LogP contribution in [-0.2, 0) is 14.9 Å². The van der Waals surface area contributed by atoms with Crippen LogP contribution in [0.1, 0.15) is 24.0 Å². The lowest BCUT2D eigenvalue weighted by molar-refractivity contribution is -0.147. The first-order chi connectivity index (χ1) is 8.60. The summed E-state index contributed by atoms with van der Waals surface area (Å²) < 4.78 is 10.5. The summed E-state index contributed by atoms with van der Waals surface area (Å²) in [6.45, 7) is 2.92. The summed E-state index contributed by atoms with van der Waals surface area (Å²) in [6, 6.07) is 5.61. The highest BCUT2D eigenvalue weighted by atomic mass is 16.5. The largest absolute Gasteiger partial charge is 0.496 e. The van der Waals surface area contributed by atoms with Crippen molar-refractivity contribution in [3.8, 4) is 5.75 Å². The average molecular weight is 250 g/mol. The zero-order chi connectivity index (χ0) is 13.2. The van der Waals surface area contributed by atoms with Crippen molar-refractivity contribution in [3.63, 3.8) is 0 Å². The maximum absolute atomic E-state index is 11.7. The van der Waals surface area contributed by atoms with Crippen molar-refractivity contribution in [2.45, 2.75) is 25.2 Å². The number of rotatable bonds is 3. The zero-order valence-corrected chi connectivity index (χ0v) is 10.7. The fourth-order valence-corrected chi connectivity index (χ4v) is 2.52. The Balaban J connectivity index is 2.43. The molecule has 1 saturated heterocycles. The number of aliphatic carboxylic acids is 1. The number of carboxylic acids is 1. The third kappa shape index (κ3) is 2.08. The Morgan fingerprint density at radius 2 is 2.06 bits per heavy atom. The van der Waals surface area contributed by atoms with Crippen molar-refractivity contribution in [2.24, 2.45) is 0 Å². The van der Waals surface area contributed by atoms with E-state index in [0.717, 1.165) is 16.9 Å². The molecule has 0 spiro atoms. The molecule has 1 aromatic rings. The predicted octanol–water partition coefficient (Wildman–Crippen LogP) is 2.14. The maximum Gasteiger partial charge on any atom is 0.314 e. The van der Waals surface area contributed by atoms with Crippen LogP contribution in [0.4, 0.5) is 0 Å². The Morgan fingerprint density at radius 1 is 1.39 bits per heavy atom. The first-order valence-electron chi connectivity index (χ1n) is 6.06. The molecule has 1 heterocycles. The Kier molecular flexibility index (Phi) is 3.57. The molecule has 98 valence electrons. The molecule has 1 fully saturated rings. The smallest absolute Gasteiger partial charge is 0.314 e. The second-order valence-electron chi connectivity index (χ2n) is 4.68. The van der Waals surface area contributed by atoms with Gasteiger partial charge in [0.15, 0.2) is 0 Å². The summed E-state index contributed by atoms with van der Waals surface area (Å²) in [5.41, 5.74) is 0.994. The van der Waals surface area contributed by atoms with E-state index < -0.39 is 11.4 Å². The molecule has 0 amide bonds. The molecule has 4 heteroatoms. The number of aryl methyl sites for hydroxylation is 1. The standard InChI is InChI=1S/C14H18O4/c1-10-9-11(3-4-12(10)17-2)14(13(15)16)5-7-18-8-6-14/h3-4,9H,5-8H2,1-2H3,(H,15,16). The van der Waals surface area contributed by atoms with Crippen LogP contribution in [0.3, 0.4) is 0 Å². The molecule has 18 heavy (non-hydrogen) atoms. The van der Waals surface area contributed by atoms with Crippen LogP contribution >= 0.6 is 0 Å². The van der Waals surface area contributed by atoms with Gasteiger partial charge in [0, 0.05) is 13.2 Å². The van der Waals surface area contributed by atoms with Crippen molar-refractivity contribution in [2.75, 3.05) is 20.3 Å². The van der Waals surface area contributed by atoms with Gasteiger partial charge in [0.2, 0.25) is 0 Å². The summed E-state index contributed by atoms with van der Waals surface area (Å²) in [7, 11) is 1.61. The first-order valence-corrected chi connectivity index (χ1v) is 6.06.